The van der Waals surface area contributed by atoms with Crippen molar-refractivity contribution in [3.63, 3.8) is 0 Å². The van der Waals surface area contributed by atoms with Crippen LogP contribution in [0.2, 0.25) is 0 Å². The first-order valence-corrected chi connectivity index (χ1v) is 8.32. The van der Waals surface area contributed by atoms with Crippen LogP contribution in [0.15, 0.2) is 14.7 Å². The van der Waals surface area contributed by atoms with Gasteiger partial charge in [0, 0.05) is 4.91 Å². The Bertz CT molecular complexity index is 1080. The number of ether oxygens (including phenoxy) is 1. The molecule has 1 aliphatic rings. The molecule has 16 nitrogen and oxygen atoms in total. The lowest BCUT2D eigenvalue weighted by Crippen LogP contribution is -2.37. The molecular formula is C13H19N9O7. The smallest absolute Gasteiger partial charge is 0.332 e. The molecule has 5 atom stereocenters. The Labute approximate surface area is 160 Å². The van der Waals surface area contributed by atoms with Crippen molar-refractivity contribution in [1.29, 1.82) is 0 Å². The fraction of sp³-hybridized carbons (Fsp3) is 0.615. The highest BCUT2D eigenvalue weighted by molar-refractivity contribution is 5.72. The lowest BCUT2D eigenvalue weighted by Gasteiger charge is -2.16. The van der Waals surface area contributed by atoms with Gasteiger partial charge >= 0.3 is 5.69 Å². The molecule has 16 heteroatoms. The fourth-order valence-corrected chi connectivity index (χ4v) is 3.14. The van der Waals surface area contributed by atoms with Gasteiger partial charge in [0.1, 0.15) is 18.3 Å². The van der Waals surface area contributed by atoms with Crippen LogP contribution >= 0.6 is 0 Å². The van der Waals surface area contributed by atoms with Gasteiger partial charge in [0.15, 0.2) is 17.4 Å². The van der Waals surface area contributed by atoms with E-state index in [1.165, 1.54) is 0 Å². The molecule has 8 N–H and O–H groups in total. The summed E-state index contributed by atoms with van der Waals surface area (Å²) in [7, 11) is 0. The lowest BCUT2D eigenvalue weighted by molar-refractivity contribution is -0.0528. The van der Waals surface area contributed by atoms with E-state index in [1.807, 2.05) is 0 Å². The Balaban J connectivity index is 2.23. The molecule has 1 saturated heterocycles. The van der Waals surface area contributed by atoms with Gasteiger partial charge in [-0.25, -0.2) is 9.36 Å². The molecule has 0 radical (unpaired) electrons. The van der Waals surface area contributed by atoms with Crippen molar-refractivity contribution in [3.05, 3.63) is 31.3 Å². The maximum Gasteiger partial charge on any atom is 0.332 e. The molecular weight excluding hydrogens is 394 g/mol. The van der Waals surface area contributed by atoms with E-state index in [2.05, 4.69) is 15.0 Å². The molecule has 1 aliphatic heterocycles. The number of aromatic nitrogens is 4. The van der Waals surface area contributed by atoms with Crippen LogP contribution < -0.4 is 22.8 Å². The second-order valence-electron chi connectivity index (χ2n) is 6.38. The van der Waals surface area contributed by atoms with Crippen molar-refractivity contribution < 1.29 is 25.2 Å². The zero-order valence-electron chi connectivity index (χ0n) is 14.8. The number of nitrogen functional groups attached to an aromatic ring is 2. The minimum absolute atomic E-state index is 0.315. The van der Waals surface area contributed by atoms with Crippen molar-refractivity contribution in [3.8, 4) is 0 Å². The summed E-state index contributed by atoms with van der Waals surface area (Å²) < 4.78 is 7.43. The van der Waals surface area contributed by atoms with Crippen LogP contribution in [-0.4, -0.2) is 76.8 Å². The molecule has 3 rings (SSSR count). The van der Waals surface area contributed by atoms with Crippen LogP contribution in [0.3, 0.4) is 0 Å². The molecule has 2 aromatic rings. The van der Waals surface area contributed by atoms with Gasteiger partial charge in [-0.05, 0) is 5.53 Å². The number of nitrogens with zero attached hydrogens (tertiary/aromatic N) is 7. The van der Waals surface area contributed by atoms with E-state index in [0.29, 0.717) is 4.68 Å². The highest BCUT2D eigenvalue weighted by Gasteiger charge is 2.45. The number of hydrogen-bond acceptors (Lipinski definition) is 11. The van der Waals surface area contributed by atoms with Gasteiger partial charge in [-0.1, -0.05) is 5.11 Å². The molecule has 0 spiro atoms. The Morgan fingerprint density at radius 3 is 2.62 bits per heavy atom. The van der Waals surface area contributed by atoms with Gasteiger partial charge in [0.25, 0.3) is 5.56 Å². The van der Waals surface area contributed by atoms with Crippen LogP contribution in [0, 0.1) is 0 Å². The van der Waals surface area contributed by atoms with Gasteiger partial charge in [-0.3, -0.25) is 9.36 Å². The number of hydrogen-bond donors (Lipinski definition) is 6. The van der Waals surface area contributed by atoms with Crippen molar-refractivity contribution in [2.45, 2.75) is 37.2 Å². The molecule has 1 fully saturated rings. The summed E-state index contributed by atoms with van der Waals surface area (Å²) in [6.45, 7) is -1.50. The second kappa shape index (κ2) is 7.70. The number of anilines is 1. The van der Waals surface area contributed by atoms with Gasteiger partial charge < -0.3 is 36.7 Å². The van der Waals surface area contributed by atoms with Crippen molar-refractivity contribution in [2.75, 3.05) is 24.7 Å². The molecule has 0 bridgehead atoms. The summed E-state index contributed by atoms with van der Waals surface area (Å²) in [5.41, 5.74) is 11.4. The number of fused-ring (bicyclic) bond motifs is 1. The quantitative estimate of drug-likeness (QED) is 0.115. The summed E-state index contributed by atoms with van der Waals surface area (Å²) in [5.74, 6) is 5.09. The number of nitrogens with two attached hydrogens (primary N) is 2. The first kappa shape index (κ1) is 20.6. The average molecular weight is 413 g/mol. The summed E-state index contributed by atoms with van der Waals surface area (Å²) >= 11 is 0. The zero-order valence-corrected chi connectivity index (χ0v) is 14.8. The number of rotatable bonds is 6. The molecule has 3 unspecified atom stereocenters. The maximum atomic E-state index is 13.0. The van der Waals surface area contributed by atoms with E-state index in [0.717, 1.165) is 9.13 Å². The van der Waals surface area contributed by atoms with Gasteiger partial charge in [-0.2, -0.15) is 9.66 Å². The third-order valence-corrected chi connectivity index (χ3v) is 4.56. The molecule has 0 aromatic carbocycles. The molecule has 0 aliphatic carbocycles. The van der Waals surface area contributed by atoms with E-state index >= 15 is 0 Å². The Kier molecular flexibility index (Phi) is 5.47. The number of imidazole rings is 1. The normalized spacial score (nSPS) is 25.2. The van der Waals surface area contributed by atoms with Gasteiger partial charge in [-0.15, -0.1) is 0 Å². The van der Waals surface area contributed by atoms with Crippen LogP contribution in [0.4, 0.5) is 5.95 Å². The van der Waals surface area contributed by atoms with E-state index in [-0.39, 0.29) is 17.7 Å². The third kappa shape index (κ3) is 3.29. The highest BCUT2D eigenvalue weighted by atomic mass is 16.6. The monoisotopic (exact) mass is 413 g/mol. The van der Waals surface area contributed by atoms with E-state index in [9.17, 15) is 30.0 Å². The van der Waals surface area contributed by atoms with Crippen molar-refractivity contribution in [2.24, 2.45) is 5.11 Å². The number of aliphatic hydroxyl groups is 4. The Morgan fingerprint density at radius 2 is 2.03 bits per heavy atom. The third-order valence-electron chi connectivity index (χ3n) is 4.56. The maximum absolute atomic E-state index is 13.0. The average Bonchev–Trinajstić information content (AvgIpc) is 3.12. The Morgan fingerprint density at radius 1 is 1.34 bits per heavy atom. The molecule has 29 heavy (non-hydrogen) atoms. The van der Waals surface area contributed by atoms with E-state index in [1.54, 1.807) is 0 Å². The number of azide groups is 1. The summed E-state index contributed by atoms with van der Waals surface area (Å²) in [6, 6.07) is 0. The fourth-order valence-electron chi connectivity index (χ4n) is 3.14. The largest absolute Gasteiger partial charge is 0.394 e. The predicted molar refractivity (Wildman–Crippen MR) is 95.8 cm³/mol. The molecule has 0 saturated carbocycles. The molecule has 3 heterocycles. The van der Waals surface area contributed by atoms with Gasteiger partial charge in [0.2, 0.25) is 5.95 Å². The summed E-state index contributed by atoms with van der Waals surface area (Å²) in [4.78, 5) is 32.0. The minimum atomic E-state index is -1.64. The lowest BCUT2D eigenvalue weighted by atomic mass is 10.1. The highest BCUT2D eigenvalue weighted by Crippen LogP contribution is 2.30. The van der Waals surface area contributed by atoms with Crippen molar-refractivity contribution in [1.82, 2.24) is 18.8 Å². The minimum Gasteiger partial charge on any atom is -0.394 e. The number of aliphatic hydroxyl groups excluding tert-OH is 4. The van der Waals surface area contributed by atoms with Crippen LogP contribution in [0.1, 0.15) is 6.23 Å². The zero-order chi connectivity index (χ0) is 21.5. The molecule has 158 valence electrons. The molecule has 2 aromatic heterocycles. The second-order valence-corrected chi connectivity index (χ2v) is 6.38. The van der Waals surface area contributed by atoms with Crippen molar-refractivity contribution >= 4 is 17.1 Å². The Hall–Kier alpha value is -3.14. The first-order valence-electron chi connectivity index (χ1n) is 8.32. The van der Waals surface area contributed by atoms with Gasteiger partial charge in [0.05, 0.1) is 25.8 Å². The first-order chi connectivity index (χ1) is 13.7. The SMILES string of the molecule is [N-]=[N+]=NCC(O)Cn1c(=O)n([C@@H]2O[C@H](CO)C(O)C2O)c2nc(N)n(N)c(=O)c21. The predicted octanol–water partition coefficient (Wildman–Crippen LogP) is -4.06. The van der Waals surface area contributed by atoms with E-state index in [4.69, 9.17) is 21.8 Å². The molecule has 0 amide bonds. The van der Waals surface area contributed by atoms with E-state index < -0.39 is 61.0 Å². The summed E-state index contributed by atoms with van der Waals surface area (Å²) in [5, 5.41) is 42.7. The van der Waals surface area contributed by atoms with Crippen LogP contribution in [0.25, 0.3) is 21.6 Å². The summed E-state index contributed by atoms with van der Waals surface area (Å²) in [6.07, 6.45) is -7.19. The van der Waals surface area contributed by atoms with Crippen LogP contribution in [0.5, 0.6) is 0 Å². The topological polar surface area (TPSA) is 253 Å². The van der Waals surface area contributed by atoms with Crippen LogP contribution in [-0.2, 0) is 11.3 Å². The standard InChI is InChI=1S/C13H19N9O7/c14-12-18-9-6(10(27)22(12)16)20(2-4(24)1-17-19-15)13(28)21(9)11-8(26)7(25)5(3-23)29-11/h4-5,7-8,11,23-26H,1-3,16H2,(H2,14,18)/t4?,5-,7?,8?,11-/m1/s1.